The van der Waals surface area contributed by atoms with Crippen LogP contribution >= 0.6 is 15.9 Å². The Morgan fingerprint density at radius 3 is 2.50 bits per heavy atom. The predicted molar refractivity (Wildman–Crippen MR) is 69.9 cm³/mol. The molecule has 0 fully saturated rings. The average Bonchev–Trinajstić information content (AvgIpc) is 2.33. The monoisotopic (exact) mass is 352 g/mol. The van der Waals surface area contributed by atoms with Crippen molar-refractivity contribution < 1.29 is 22.8 Å². The van der Waals surface area contributed by atoms with Crippen LogP contribution < -0.4 is 11.1 Å². The Balaban J connectivity index is 2.74. The van der Waals surface area contributed by atoms with Gasteiger partial charge in [-0.3, -0.25) is 9.59 Å². The van der Waals surface area contributed by atoms with Crippen molar-refractivity contribution in [1.29, 1.82) is 0 Å². The van der Waals surface area contributed by atoms with Gasteiger partial charge >= 0.3 is 6.18 Å². The SMILES string of the molecule is NC(=O)CCCNC(=O)c1cc(C(F)(F)F)ccc1Br. The largest absolute Gasteiger partial charge is 0.416 e. The van der Waals surface area contributed by atoms with Crippen molar-refractivity contribution in [2.24, 2.45) is 5.73 Å². The highest BCUT2D eigenvalue weighted by Gasteiger charge is 2.31. The lowest BCUT2D eigenvalue weighted by molar-refractivity contribution is -0.137. The summed E-state index contributed by atoms with van der Waals surface area (Å²) in [5, 5.41) is 2.43. The standard InChI is InChI=1S/C12H12BrF3N2O2/c13-9-4-3-7(12(14,15)16)6-8(9)11(20)18-5-1-2-10(17)19/h3-4,6H,1-2,5H2,(H2,17,19)(H,18,20). The normalized spacial score (nSPS) is 11.2. The third-order valence-electron chi connectivity index (χ3n) is 2.42. The molecule has 0 saturated heterocycles. The molecule has 0 bridgehead atoms. The van der Waals surface area contributed by atoms with Crippen molar-refractivity contribution in [3.63, 3.8) is 0 Å². The number of rotatable bonds is 5. The maximum absolute atomic E-state index is 12.6. The number of carbonyl (C=O) groups is 2. The van der Waals surface area contributed by atoms with Gasteiger partial charge in [0.1, 0.15) is 0 Å². The molecule has 0 radical (unpaired) electrons. The average molecular weight is 353 g/mol. The van der Waals surface area contributed by atoms with E-state index in [2.05, 4.69) is 21.2 Å². The summed E-state index contributed by atoms with van der Waals surface area (Å²) in [6.45, 7) is 0.157. The maximum atomic E-state index is 12.6. The van der Waals surface area contributed by atoms with Gasteiger partial charge in [0, 0.05) is 17.4 Å². The van der Waals surface area contributed by atoms with Crippen LogP contribution in [0.3, 0.4) is 0 Å². The van der Waals surface area contributed by atoms with Crippen LogP contribution in [0.5, 0.6) is 0 Å². The zero-order valence-corrected chi connectivity index (χ0v) is 11.8. The van der Waals surface area contributed by atoms with Crippen molar-refractivity contribution in [2.45, 2.75) is 19.0 Å². The van der Waals surface area contributed by atoms with Gasteiger partial charge in [0.05, 0.1) is 11.1 Å². The number of hydrogen-bond donors (Lipinski definition) is 2. The van der Waals surface area contributed by atoms with Gasteiger partial charge < -0.3 is 11.1 Å². The zero-order valence-electron chi connectivity index (χ0n) is 10.3. The molecule has 0 aliphatic rings. The molecule has 2 amide bonds. The van der Waals surface area contributed by atoms with Crippen LogP contribution in [-0.2, 0) is 11.0 Å². The minimum atomic E-state index is -4.51. The molecular weight excluding hydrogens is 341 g/mol. The molecule has 8 heteroatoms. The number of amides is 2. The highest BCUT2D eigenvalue weighted by atomic mass is 79.9. The Morgan fingerprint density at radius 2 is 1.95 bits per heavy atom. The summed E-state index contributed by atoms with van der Waals surface area (Å²) < 4.78 is 37.9. The zero-order chi connectivity index (χ0) is 15.3. The Morgan fingerprint density at radius 1 is 1.30 bits per heavy atom. The van der Waals surface area contributed by atoms with Crippen molar-refractivity contribution in [3.05, 3.63) is 33.8 Å². The minimum Gasteiger partial charge on any atom is -0.370 e. The topological polar surface area (TPSA) is 72.2 Å². The van der Waals surface area contributed by atoms with Gasteiger partial charge in [-0.15, -0.1) is 0 Å². The molecule has 0 unspecified atom stereocenters. The molecule has 0 saturated carbocycles. The molecule has 1 aromatic carbocycles. The van der Waals surface area contributed by atoms with E-state index in [4.69, 9.17) is 5.73 Å². The van der Waals surface area contributed by atoms with E-state index in [9.17, 15) is 22.8 Å². The first-order valence-electron chi connectivity index (χ1n) is 5.65. The lowest BCUT2D eigenvalue weighted by Crippen LogP contribution is -2.26. The molecule has 1 aromatic rings. The predicted octanol–water partition coefficient (Wildman–Crippen LogP) is 2.46. The number of hydrogen-bond acceptors (Lipinski definition) is 2. The second-order valence-corrected chi connectivity index (χ2v) is 4.87. The fraction of sp³-hybridized carbons (Fsp3) is 0.333. The second-order valence-electron chi connectivity index (χ2n) is 4.02. The number of nitrogens with one attached hydrogen (secondary N) is 1. The van der Waals surface area contributed by atoms with Crippen molar-refractivity contribution in [3.8, 4) is 0 Å². The number of benzene rings is 1. The summed E-state index contributed by atoms with van der Waals surface area (Å²) in [6.07, 6.45) is -4.08. The van der Waals surface area contributed by atoms with Gasteiger partial charge in [-0.1, -0.05) is 0 Å². The molecule has 4 nitrogen and oxygen atoms in total. The molecule has 0 aromatic heterocycles. The summed E-state index contributed by atoms with van der Waals surface area (Å²) >= 11 is 3.03. The molecule has 3 N–H and O–H groups in total. The summed E-state index contributed by atoms with van der Waals surface area (Å²) in [7, 11) is 0. The Bertz CT molecular complexity index is 518. The Labute approximate surface area is 121 Å². The van der Waals surface area contributed by atoms with E-state index in [1.165, 1.54) is 6.07 Å². The minimum absolute atomic E-state index is 0.101. The van der Waals surface area contributed by atoms with Crippen molar-refractivity contribution in [2.75, 3.05) is 6.54 Å². The van der Waals surface area contributed by atoms with E-state index in [1.54, 1.807) is 0 Å². The van der Waals surface area contributed by atoms with Crippen LogP contribution in [0.1, 0.15) is 28.8 Å². The number of primary amides is 1. The van der Waals surface area contributed by atoms with E-state index in [0.717, 1.165) is 12.1 Å². The van der Waals surface area contributed by atoms with Crippen LogP contribution in [0.2, 0.25) is 0 Å². The van der Waals surface area contributed by atoms with Crippen molar-refractivity contribution in [1.82, 2.24) is 5.32 Å². The van der Waals surface area contributed by atoms with Gasteiger partial charge in [0.2, 0.25) is 5.91 Å². The van der Waals surface area contributed by atoms with Gasteiger partial charge in [0.15, 0.2) is 0 Å². The number of halogens is 4. The number of alkyl halides is 3. The van der Waals surface area contributed by atoms with Crippen LogP contribution in [0, 0.1) is 0 Å². The fourth-order valence-corrected chi connectivity index (χ4v) is 1.86. The summed E-state index contributed by atoms with van der Waals surface area (Å²) in [4.78, 5) is 22.3. The summed E-state index contributed by atoms with van der Waals surface area (Å²) in [5.74, 6) is -1.15. The van der Waals surface area contributed by atoms with E-state index >= 15 is 0 Å². The third-order valence-corrected chi connectivity index (χ3v) is 3.12. The number of carbonyl (C=O) groups excluding carboxylic acids is 2. The first-order chi connectivity index (χ1) is 9.21. The van der Waals surface area contributed by atoms with Crippen LogP contribution in [0.15, 0.2) is 22.7 Å². The van der Waals surface area contributed by atoms with E-state index in [0.29, 0.717) is 6.42 Å². The highest BCUT2D eigenvalue weighted by Crippen LogP contribution is 2.31. The molecule has 1 rings (SSSR count). The Hall–Kier alpha value is -1.57. The first kappa shape index (κ1) is 16.5. The van der Waals surface area contributed by atoms with Gasteiger partial charge in [-0.05, 0) is 40.5 Å². The second kappa shape index (κ2) is 6.74. The molecule has 0 spiro atoms. The van der Waals surface area contributed by atoms with Gasteiger partial charge in [-0.25, -0.2) is 0 Å². The lowest BCUT2D eigenvalue weighted by Gasteiger charge is -2.11. The van der Waals surface area contributed by atoms with Gasteiger partial charge in [-0.2, -0.15) is 13.2 Å². The molecule has 0 aliphatic heterocycles. The Kier molecular flexibility index (Phi) is 5.55. The van der Waals surface area contributed by atoms with E-state index in [1.807, 2.05) is 0 Å². The molecule has 20 heavy (non-hydrogen) atoms. The van der Waals surface area contributed by atoms with E-state index in [-0.39, 0.29) is 23.0 Å². The quantitative estimate of drug-likeness (QED) is 0.799. The molecule has 110 valence electrons. The maximum Gasteiger partial charge on any atom is 0.416 e. The molecule has 0 heterocycles. The molecular formula is C12H12BrF3N2O2. The van der Waals surface area contributed by atoms with Crippen LogP contribution in [0.4, 0.5) is 13.2 Å². The van der Waals surface area contributed by atoms with E-state index < -0.39 is 23.6 Å². The molecule has 0 aliphatic carbocycles. The van der Waals surface area contributed by atoms with Crippen molar-refractivity contribution >= 4 is 27.7 Å². The highest BCUT2D eigenvalue weighted by molar-refractivity contribution is 9.10. The van der Waals surface area contributed by atoms with Crippen LogP contribution in [0.25, 0.3) is 0 Å². The number of nitrogens with two attached hydrogens (primary N) is 1. The fourth-order valence-electron chi connectivity index (χ4n) is 1.44. The van der Waals surface area contributed by atoms with Gasteiger partial charge in [0.25, 0.3) is 5.91 Å². The van der Waals surface area contributed by atoms with Crippen LogP contribution in [-0.4, -0.2) is 18.4 Å². The first-order valence-corrected chi connectivity index (χ1v) is 6.44. The molecule has 0 atom stereocenters. The summed E-state index contributed by atoms with van der Waals surface area (Å²) in [5.41, 5.74) is 3.92. The lowest BCUT2D eigenvalue weighted by atomic mass is 10.1. The summed E-state index contributed by atoms with van der Waals surface area (Å²) in [6, 6.07) is 2.82. The third kappa shape index (κ3) is 4.84. The smallest absolute Gasteiger partial charge is 0.370 e.